The molecule has 0 spiro atoms. The first-order valence-corrected chi connectivity index (χ1v) is 17.7. The number of aromatic nitrogens is 3. The molecular weight excluding hydrogens is 592 g/mol. The maximum absolute atomic E-state index is 5.34. The van der Waals surface area contributed by atoms with Crippen molar-refractivity contribution in [2.45, 2.75) is 78.1 Å². The van der Waals surface area contributed by atoms with Crippen LogP contribution >= 0.6 is 0 Å². The third-order valence-electron chi connectivity index (χ3n) is 9.61. The summed E-state index contributed by atoms with van der Waals surface area (Å²) in [6.45, 7) is 4.51. The Morgan fingerprint density at radius 3 is 1.94 bits per heavy atom. The molecule has 0 saturated heterocycles. The van der Waals surface area contributed by atoms with Gasteiger partial charge in [-0.3, -0.25) is 0 Å². The van der Waals surface area contributed by atoms with Crippen molar-refractivity contribution in [3.63, 3.8) is 0 Å². The topological polar surface area (TPSA) is 86.0 Å². The molecule has 2 aromatic rings. The van der Waals surface area contributed by atoms with Crippen LogP contribution in [-0.2, 0) is 7.05 Å². The van der Waals surface area contributed by atoms with E-state index in [0.717, 1.165) is 94.1 Å². The van der Waals surface area contributed by atoms with Crippen LogP contribution in [0.2, 0.25) is 0 Å². The Morgan fingerprint density at radius 2 is 1.27 bits per heavy atom. The lowest BCUT2D eigenvalue weighted by molar-refractivity contribution is 0.574. The highest BCUT2D eigenvalue weighted by Gasteiger charge is 2.28. The average molecular weight is 639 g/mol. The zero-order valence-electron chi connectivity index (χ0n) is 28.7. The summed E-state index contributed by atoms with van der Waals surface area (Å²) in [7, 11) is 4.11. The van der Waals surface area contributed by atoms with Crippen molar-refractivity contribution in [3.05, 3.63) is 119 Å². The summed E-state index contributed by atoms with van der Waals surface area (Å²) < 4.78 is 2.06. The Bertz CT molecular complexity index is 1940. The van der Waals surface area contributed by atoms with Crippen molar-refractivity contribution in [2.75, 3.05) is 7.05 Å². The molecule has 2 aromatic heterocycles. The number of H-pyrrole nitrogens is 1. The lowest BCUT2D eigenvalue weighted by Crippen LogP contribution is -2.19. The Kier molecular flexibility index (Phi) is 9.23. The van der Waals surface area contributed by atoms with E-state index in [0.29, 0.717) is 0 Å². The van der Waals surface area contributed by atoms with Gasteiger partial charge in [-0.25, -0.2) is 20.0 Å². The maximum Gasteiger partial charge on any atom is 0.144 e. The van der Waals surface area contributed by atoms with Crippen LogP contribution in [0.4, 0.5) is 0 Å². The van der Waals surface area contributed by atoms with Gasteiger partial charge in [0.05, 0.1) is 51.1 Å². The highest BCUT2D eigenvalue weighted by atomic mass is 15.3. The molecule has 7 rings (SSSR count). The molecule has 2 N–H and O–H groups in total. The van der Waals surface area contributed by atoms with E-state index in [9.17, 15) is 0 Å². The fourth-order valence-corrected chi connectivity index (χ4v) is 6.98. The van der Waals surface area contributed by atoms with Gasteiger partial charge in [-0.05, 0) is 74.3 Å². The van der Waals surface area contributed by atoms with E-state index in [1.165, 1.54) is 49.7 Å². The molecule has 8 bridgehead atoms. The molecule has 0 unspecified atom stereocenters. The number of imidazole rings is 1. The highest BCUT2D eigenvalue weighted by Crippen LogP contribution is 2.36. The minimum absolute atomic E-state index is 0.855. The maximum atomic E-state index is 5.34. The molecule has 0 saturated carbocycles. The third-order valence-corrected chi connectivity index (χ3v) is 9.61. The molecular formula is C40H46N8. The van der Waals surface area contributed by atoms with E-state index in [4.69, 9.17) is 20.0 Å². The number of aryl methyl sites for hydroxylation is 1. The third kappa shape index (κ3) is 6.19. The summed E-state index contributed by atoms with van der Waals surface area (Å²) in [5.74, 6) is 1.85. The van der Waals surface area contributed by atoms with Crippen LogP contribution in [0, 0.1) is 0 Å². The van der Waals surface area contributed by atoms with E-state index in [2.05, 4.69) is 89.3 Å². The first kappa shape index (κ1) is 31.6. The van der Waals surface area contributed by atoms with Gasteiger partial charge in [0.15, 0.2) is 0 Å². The quantitative estimate of drug-likeness (QED) is 0.241. The summed E-state index contributed by atoms with van der Waals surface area (Å²) in [4.78, 5) is 26.7. The normalized spacial score (nSPS) is 19.8. The Labute approximate surface area is 284 Å². The molecule has 0 aliphatic carbocycles. The van der Waals surface area contributed by atoms with Gasteiger partial charge in [-0.15, -0.1) is 0 Å². The Balaban J connectivity index is 1.45. The van der Waals surface area contributed by atoms with Gasteiger partial charge in [0, 0.05) is 55.7 Å². The van der Waals surface area contributed by atoms with Gasteiger partial charge in [-0.1, -0.05) is 52.4 Å². The van der Waals surface area contributed by atoms with Crippen LogP contribution in [0.15, 0.2) is 117 Å². The molecule has 246 valence electrons. The van der Waals surface area contributed by atoms with Crippen LogP contribution < -0.4 is 5.32 Å². The van der Waals surface area contributed by atoms with Gasteiger partial charge < -0.3 is 19.8 Å². The molecule has 48 heavy (non-hydrogen) atoms. The summed E-state index contributed by atoms with van der Waals surface area (Å²) in [5, 5.41) is 3.49. The van der Waals surface area contributed by atoms with Crippen molar-refractivity contribution >= 4 is 33.9 Å². The average Bonchev–Trinajstić information content (AvgIpc) is 3.94. The fourth-order valence-electron chi connectivity index (χ4n) is 6.98. The lowest BCUT2D eigenvalue weighted by Gasteiger charge is -2.17. The predicted octanol–water partition coefficient (Wildman–Crippen LogP) is 8.79. The molecule has 0 fully saturated rings. The number of hydrogen-bond donors (Lipinski definition) is 2. The second-order valence-corrected chi connectivity index (χ2v) is 13.0. The fraction of sp³-hybridized carbons (Fsp3) is 0.350. The van der Waals surface area contributed by atoms with Crippen LogP contribution in [0.1, 0.15) is 95.3 Å². The van der Waals surface area contributed by atoms with Crippen molar-refractivity contribution < 1.29 is 0 Å². The molecule has 5 aliphatic heterocycles. The van der Waals surface area contributed by atoms with Crippen molar-refractivity contribution in [1.82, 2.24) is 24.8 Å². The number of hydrogen-bond acceptors (Lipinski definition) is 6. The van der Waals surface area contributed by atoms with Crippen molar-refractivity contribution in [2.24, 2.45) is 22.0 Å². The van der Waals surface area contributed by atoms with E-state index in [-0.39, 0.29) is 0 Å². The smallest absolute Gasteiger partial charge is 0.144 e. The number of allylic oxidation sites excluding steroid dienone is 10. The summed E-state index contributed by atoms with van der Waals surface area (Å²) in [6.07, 6.45) is 32.1. The second-order valence-electron chi connectivity index (χ2n) is 13.0. The Morgan fingerprint density at radius 1 is 0.646 bits per heavy atom. The van der Waals surface area contributed by atoms with Gasteiger partial charge in [0.1, 0.15) is 11.6 Å². The minimum Gasteiger partial charge on any atom is -0.355 e. The number of fused-ring (bicyclic) bond motifs is 5. The second kappa shape index (κ2) is 14.0. The molecule has 0 radical (unpaired) electrons. The highest BCUT2D eigenvalue weighted by molar-refractivity contribution is 6.33. The van der Waals surface area contributed by atoms with Crippen LogP contribution in [0.25, 0.3) is 16.7 Å². The van der Waals surface area contributed by atoms with Crippen LogP contribution in [0.5, 0.6) is 0 Å². The molecule has 5 aliphatic rings. The molecule has 0 amide bonds. The standard InChI is InChI=1S/C40H46N8/c1-5-7-9-11-13-27-29-15-19-33(43-29)37(39-41-23-25-47(39)3)35-21-17-31(45-35)28(14-12-10-8-6-2)32-18-22-36(46-32)38(34-20-16-30(27)44-34)40-42-24-26-48(40)4/h15-26,41,43H,5-14H2,1-4H3/b30-27?,31-28?,38-36?,39-37-. The van der Waals surface area contributed by atoms with Crippen LogP contribution in [-0.4, -0.2) is 43.6 Å². The van der Waals surface area contributed by atoms with E-state index in [1.807, 2.05) is 31.8 Å². The summed E-state index contributed by atoms with van der Waals surface area (Å²) in [5.41, 5.74) is 12.1. The van der Waals surface area contributed by atoms with E-state index in [1.54, 1.807) is 0 Å². The number of aromatic amines is 1. The number of aliphatic imine (C=N–C) groups is 3. The first-order valence-electron chi connectivity index (χ1n) is 17.7. The van der Waals surface area contributed by atoms with Crippen molar-refractivity contribution in [1.29, 1.82) is 0 Å². The number of nitrogens with zero attached hydrogens (tertiary/aromatic N) is 6. The number of nitrogens with one attached hydrogen (secondary N) is 2. The minimum atomic E-state index is 0.855. The first-order chi connectivity index (χ1) is 23.6. The molecule has 0 aromatic carbocycles. The number of rotatable bonds is 11. The Hall–Kier alpha value is -4.98. The summed E-state index contributed by atoms with van der Waals surface area (Å²) >= 11 is 0. The van der Waals surface area contributed by atoms with Gasteiger partial charge in [-0.2, -0.15) is 0 Å². The summed E-state index contributed by atoms with van der Waals surface area (Å²) in [6, 6.07) is 4.41. The monoisotopic (exact) mass is 638 g/mol. The SMILES string of the molecule is CCCCCCC1=C2C=CC(=N2)/C(=C2/NC=CN2C)c2ccc([nH]2)C(CCCCCC)=C2C=CC(=N2)C(c2nccn2C)=C2C=CC1=N2. The molecule has 7 heterocycles. The van der Waals surface area contributed by atoms with E-state index >= 15 is 0 Å². The molecule has 8 heteroatoms. The van der Waals surface area contributed by atoms with Gasteiger partial charge in [0.25, 0.3) is 0 Å². The van der Waals surface area contributed by atoms with Gasteiger partial charge in [0.2, 0.25) is 0 Å². The van der Waals surface area contributed by atoms with Gasteiger partial charge >= 0.3 is 0 Å². The predicted molar refractivity (Wildman–Crippen MR) is 199 cm³/mol. The lowest BCUT2D eigenvalue weighted by atomic mass is 10.00. The number of unbranched alkanes of at least 4 members (excludes halogenated alkanes) is 6. The van der Waals surface area contributed by atoms with Crippen molar-refractivity contribution in [3.8, 4) is 0 Å². The molecule has 8 nitrogen and oxygen atoms in total. The zero-order chi connectivity index (χ0) is 33.0. The zero-order valence-corrected chi connectivity index (χ0v) is 28.7. The largest absolute Gasteiger partial charge is 0.355 e. The van der Waals surface area contributed by atoms with E-state index < -0.39 is 0 Å². The van der Waals surface area contributed by atoms with Crippen LogP contribution in [0.3, 0.4) is 0 Å². The molecule has 0 atom stereocenters.